The van der Waals surface area contributed by atoms with Crippen LogP contribution in [0.5, 0.6) is 0 Å². The first-order valence-corrected chi connectivity index (χ1v) is 9.29. The van der Waals surface area contributed by atoms with E-state index in [0.29, 0.717) is 17.1 Å². The molecule has 3 rings (SSSR count). The SMILES string of the molecule is CC(Nc1cncc(C(=O)NCCc2cccc(Cl)c2)c1)c1ccccc1. The lowest BCUT2D eigenvalue weighted by atomic mass is 10.1. The zero-order valence-corrected chi connectivity index (χ0v) is 15.9. The number of pyridine rings is 1. The molecule has 0 fully saturated rings. The summed E-state index contributed by atoms with van der Waals surface area (Å²) in [5.41, 5.74) is 3.61. The maximum Gasteiger partial charge on any atom is 0.252 e. The van der Waals surface area contributed by atoms with E-state index in [1.807, 2.05) is 48.5 Å². The first-order chi connectivity index (χ1) is 13.1. The average molecular weight is 380 g/mol. The van der Waals surface area contributed by atoms with Crippen LogP contribution < -0.4 is 10.6 Å². The minimum absolute atomic E-state index is 0.120. The van der Waals surface area contributed by atoms with Gasteiger partial charge in [-0.05, 0) is 42.7 Å². The normalized spacial score (nSPS) is 11.6. The number of amides is 1. The Kier molecular flexibility index (Phi) is 6.44. The van der Waals surface area contributed by atoms with Crippen molar-refractivity contribution >= 4 is 23.2 Å². The van der Waals surface area contributed by atoms with Crippen molar-refractivity contribution in [3.05, 3.63) is 94.8 Å². The fourth-order valence-electron chi connectivity index (χ4n) is 2.83. The fourth-order valence-corrected chi connectivity index (χ4v) is 3.05. The molecule has 1 amide bonds. The summed E-state index contributed by atoms with van der Waals surface area (Å²) in [6.45, 7) is 2.62. The van der Waals surface area contributed by atoms with Crippen LogP contribution in [0.2, 0.25) is 5.02 Å². The summed E-state index contributed by atoms with van der Waals surface area (Å²) in [6.07, 6.45) is 4.03. The van der Waals surface area contributed by atoms with Crippen molar-refractivity contribution in [2.45, 2.75) is 19.4 Å². The third-order valence-electron chi connectivity index (χ3n) is 4.27. The van der Waals surface area contributed by atoms with E-state index >= 15 is 0 Å². The average Bonchev–Trinajstić information content (AvgIpc) is 2.69. The molecule has 1 atom stereocenters. The van der Waals surface area contributed by atoms with Gasteiger partial charge < -0.3 is 10.6 Å². The number of benzene rings is 2. The molecule has 0 aliphatic carbocycles. The third-order valence-corrected chi connectivity index (χ3v) is 4.51. The molecule has 1 heterocycles. The van der Waals surface area contributed by atoms with Crippen LogP contribution in [0.25, 0.3) is 0 Å². The lowest BCUT2D eigenvalue weighted by Crippen LogP contribution is -2.26. The Balaban J connectivity index is 1.57. The van der Waals surface area contributed by atoms with E-state index in [4.69, 9.17) is 11.6 Å². The lowest BCUT2D eigenvalue weighted by Gasteiger charge is -2.16. The number of anilines is 1. The van der Waals surface area contributed by atoms with E-state index in [1.54, 1.807) is 12.4 Å². The quantitative estimate of drug-likeness (QED) is 0.615. The van der Waals surface area contributed by atoms with Crippen molar-refractivity contribution in [2.24, 2.45) is 0 Å². The van der Waals surface area contributed by atoms with Crippen LogP contribution in [0.15, 0.2) is 73.1 Å². The number of hydrogen-bond acceptors (Lipinski definition) is 3. The van der Waals surface area contributed by atoms with Gasteiger partial charge in [0.15, 0.2) is 0 Å². The second kappa shape index (κ2) is 9.19. The summed E-state index contributed by atoms with van der Waals surface area (Å²) in [6, 6.07) is 19.7. The van der Waals surface area contributed by atoms with Gasteiger partial charge in [-0.15, -0.1) is 0 Å². The predicted octanol–water partition coefficient (Wildman–Crippen LogP) is 4.88. The number of rotatable bonds is 7. The first-order valence-electron chi connectivity index (χ1n) is 8.91. The summed E-state index contributed by atoms with van der Waals surface area (Å²) in [7, 11) is 0. The molecule has 0 aliphatic heterocycles. The minimum atomic E-state index is -0.138. The summed E-state index contributed by atoms with van der Waals surface area (Å²) in [5, 5.41) is 7.02. The Morgan fingerprint density at radius 3 is 2.67 bits per heavy atom. The van der Waals surface area contributed by atoms with Gasteiger partial charge in [-0.25, -0.2) is 0 Å². The van der Waals surface area contributed by atoms with Crippen LogP contribution in [-0.2, 0) is 6.42 Å². The molecule has 2 aromatic carbocycles. The topological polar surface area (TPSA) is 54.0 Å². The number of carbonyl (C=O) groups is 1. The van der Waals surface area contributed by atoms with Crippen molar-refractivity contribution < 1.29 is 4.79 Å². The minimum Gasteiger partial charge on any atom is -0.377 e. The largest absolute Gasteiger partial charge is 0.377 e. The van der Waals surface area contributed by atoms with Gasteiger partial charge in [0.25, 0.3) is 5.91 Å². The van der Waals surface area contributed by atoms with Crippen molar-refractivity contribution in [1.29, 1.82) is 0 Å². The van der Waals surface area contributed by atoms with Gasteiger partial charge in [-0.2, -0.15) is 0 Å². The Morgan fingerprint density at radius 1 is 1.07 bits per heavy atom. The number of aromatic nitrogens is 1. The monoisotopic (exact) mass is 379 g/mol. The molecule has 27 heavy (non-hydrogen) atoms. The molecule has 0 aliphatic rings. The van der Waals surface area contributed by atoms with Crippen LogP contribution in [0.4, 0.5) is 5.69 Å². The highest BCUT2D eigenvalue weighted by Gasteiger charge is 2.09. The Labute approximate surface area is 164 Å². The fraction of sp³-hybridized carbons (Fsp3) is 0.182. The number of halogens is 1. The van der Waals surface area contributed by atoms with Gasteiger partial charge in [0.1, 0.15) is 0 Å². The molecule has 0 bridgehead atoms. The molecule has 0 radical (unpaired) electrons. The van der Waals surface area contributed by atoms with E-state index in [9.17, 15) is 4.79 Å². The van der Waals surface area contributed by atoms with Gasteiger partial charge in [-0.1, -0.05) is 54.1 Å². The smallest absolute Gasteiger partial charge is 0.252 e. The van der Waals surface area contributed by atoms with Crippen LogP contribution in [0, 0.1) is 0 Å². The van der Waals surface area contributed by atoms with E-state index < -0.39 is 0 Å². The maximum atomic E-state index is 12.4. The molecule has 3 aromatic rings. The third kappa shape index (κ3) is 5.56. The van der Waals surface area contributed by atoms with Crippen LogP contribution in [0.3, 0.4) is 0 Å². The van der Waals surface area contributed by atoms with Crippen molar-refractivity contribution in [2.75, 3.05) is 11.9 Å². The van der Waals surface area contributed by atoms with Crippen LogP contribution in [0.1, 0.15) is 34.5 Å². The van der Waals surface area contributed by atoms with Gasteiger partial charge in [-0.3, -0.25) is 9.78 Å². The zero-order valence-electron chi connectivity index (χ0n) is 15.2. The molecule has 4 nitrogen and oxygen atoms in total. The summed E-state index contributed by atoms with van der Waals surface area (Å²) in [4.78, 5) is 16.6. The standard InChI is InChI=1S/C22H22ClN3O/c1-16(18-7-3-2-4-8-18)26-21-13-19(14-24-15-21)22(27)25-11-10-17-6-5-9-20(23)12-17/h2-9,12-16,26H,10-11H2,1H3,(H,25,27). The molecule has 1 aromatic heterocycles. The van der Waals surface area contributed by atoms with Crippen LogP contribution >= 0.6 is 11.6 Å². The van der Waals surface area contributed by atoms with E-state index in [-0.39, 0.29) is 11.9 Å². The summed E-state index contributed by atoms with van der Waals surface area (Å²) in [5.74, 6) is -0.138. The number of nitrogens with one attached hydrogen (secondary N) is 2. The number of hydrogen-bond donors (Lipinski definition) is 2. The Morgan fingerprint density at radius 2 is 1.89 bits per heavy atom. The maximum absolute atomic E-state index is 12.4. The van der Waals surface area contributed by atoms with E-state index in [2.05, 4.69) is 34.7 Å². The number of nitrogens with zero attached hydrogens (tertiary/aromatic N) is 1. The molecular weight excluding hydrogens is 358 g/mol. The van der Waals surface area contributed by atoms with Gasteiger partial charge in [0.2, 0.25) is 0 Å². The molecule has 138 valence electrons. The zero-order chi connectivity index (χ0) is 19.1. The summed E-state index contributed by atoms with van der Waals surface area (Å²) >= 11 is 5.98. The van der Waals surface area contributed by atoms with Gasteiger partial charge >= 0.3 is 0 Å². The first kappa shape index (κ1) is 18.9. The molecule has 1 unspecified atom stereocenters. The van der Waals surface area contributed by atoms with E-state index in [0.717, 1.165) is 17.7 Å². The predicted molar refractivity (Wildman–Crippen MR) is 110 cm³/mol. The molecule has 0 saturated heterocycles. The molecule has 2 N–H and O–H groups in total. The highest BCUT2D eigenvalue weighted by molar-refractivity contribution is 6.30. The Bertz CT molecular complexity index is 899. The van der Waals surface area contributed by atoms with Crippen LogP contribution in [-0.4, -0.2) is 17.4 Å². The lowest BCUT2D eigenvalue weighted by molar-refractivity contribution is 0.0954. The van der Waals surface area contributed by atoms with Crippen molar-refractivity contribution in [3.63, 3.8) is 0 Å². The van der Waals surface area contributed by atoms with Gasteiger partial charge in [0.05, 0.1) is 11.3 Å². The molecular formula is C22H22ClN3O. The van der Waals surface area contributed by atoms with E-state index in [1.165, 1.54) is 5.56 Å². The van der Waals surface area contributed by atoms with Crippen molar-refractivity contribution in [3.8, 4) is 0 Å². The highest BCUT2D eigenvalue weighted by Crippen LogP contribution is 2.19. The number of carbonyl (C=O) groups excluding carboxylic acids is 1. The second-order valence-corrected chi connectivity index (χ2v) is 6.81. The molecule has 0 spiro atoms. The Hall–Kier alpha value is -2.85. The molecule has 0 saturated carbocycles. The summed E-state index contributed by atoms with van der Waals surface area (Å²) < 4.78 is 0. The molecule has 5 heteroatoms. The van der Waals surface area contributed by atoms with Gasteiger partial charge in [0, 0.05) is 30.0 Å². The van der Waals surface area contributed by atoms with Crippen molar-refractivity contribution in [1.82, 2.24) is 10.3 Å². The second-order valence-electron chi connectivity index (χ2n) is 6.37. The highest BCUT2D eigenvalue weighted by atomic mass is 35.5.